The maximum absolute atomic E-state index is 12.3. The lowest BCUT2D eigenvalue weighted by atomic mass is 10.2. The average molecular weight is 261 g/mol. The summed E-state index contributed by atoms with van der Waals surface area (Å²) in [5, 5.41) is 0. The standard InChI is InChI=1S/C11H14F3N3O/c1-8-4-9(6-16-5-8)10(18)17(3-2-15)7-11(12,13)14/h4-6H,2-3,7,15H2,1H3. The Kier molecular flexibility index (Phi) is 4.66. The van der Waals surface area contributed by atoms with Crippen molar-refractivity contribution in [2.24, 2.45) is 5.73 Å². The molecule has 0 saturated carbocycles. The first kappa shape index (κ1) is 14.4. The van der Waals surface area contributed by atoms with Crippen LogP contribution in [0.4, 0.5) is 13.2 Å². The van der Waals surface area contributed by atoms with Crippen LogP contribution in [0.25, 0.3) is 0 Å². The second-order valence-corrected chi connectivity index (χ2v) is 3.88. The van der Waals surface area contributed by atoms with Crippen molar-refractivity contribution in [1.82, 2.24) is 9.88 Å². The Morgan fingerprint density at radius 2 is 2.11 bits per heavy atom. The highest BCUT2D eigenvalue weighted by Gasteiger charge is 2.33. The van der Waals surface area contributed by atoms with Gasteiger partial charge in [-0.25, -0.2) is 0 Å². The lowest BCUT2D eigenvalue weighted by Gasteiger charge is -2.23. The number of pyridine rings is 1. The Labute approximate surface area is 103 Å². The number of carbonyl (C=O) groups is 1. The highest BCUT2D eigenvalue weighted by Crippen LogP contribution is 2.18. The molecule has 2 N–H and O–H groups in total. The largest absolute Gasteiger partial charge is 0.406 e. The van der Waals surface area contributed by atoms with E-state index in [-0.39, 0.29) is 18.7 Å². The summed E-state index contributed by atoms with van der Waals surface area (Å²) in [6.07, 6.45) is -1.68. The summed E-state index contributed by atoms with van der Waals surface area (Å²) in [5.41, 5.74) is 6.06. The van der Waals surface area contributed by atoms with E-state index in [1.807, 2.05) is 0 Å². The zero-order valence-corrected chi connectivity index (χ0v) is 9.87. The smallest absolute Gasteiger partial charge is 0.329 e. The highest BCUT2D eigenvalue weighted by atomic mass is 19.4. The molecule has 0 fully saturated rings. The van der Waals surface area contributed by atoms with Gasteiger partial charge < -0.3 is 10.6 Å². The van der Waals surface area contributed by atoms with Gasteiger partial charge in [0.05, 0.1) is 5.56 Å². The molecule has 1 heterocycles. The predicted octanol–water partition coefficient (Wildman–Crippen LogP) is 1.35. The van der Waals surface area contributed by atoms with Gasteiger partial charge >= 0.3 is 6.18 Å². The van der Waals surface area contributed by atoms with Crippen LogP contribution in [0.3, 0.4) is 0 Å². The molecule has 0 aliphatic carbocycles. The van der Waals surface area contributed by atoms with Gasteiger partial charge in [-0.05, 0) is 18.6 Å². The number of amides is 1. The van der Waals surface area contributed by atoms with Crippen LogP contribution in [0.2, 0.25) is 0 Å². The molecule has 7 heteroatoms. The van der Waals surface area contributed by atoms with Crippen LogP contribution >= 0.6 is 0 Å². The van der Waals surface area contributed by atoms with Crippen LogP contribution in [0, 0.1) is 6.92 Å². The van der Waals surface area contributed by atoms with E-state index in [2.05, 4.69) is 4.98 Å². The number of nitrogens with two attached hydrogens (primary N) is 1. The summed E-state index contributed by atoms with van der Waals surface area (Å²) in [4.78, 5) is 16.4. The third-order valence-corrected chi connectivity index (χ3v) is 2.18. The van der Waals surface area contributed by atoms with Gasteiger partial charge in [0.15, 0.2) is 0 Å². The van der Waals surface area contributed by atoms with Crippen molar-refractivity contribution < 1.29 is 18.0 Å². The molecule has 0 aliphatic heterocycles. The van der Waals surface area contributed by atoms with E-state index in [9.17, 15) is 18.0 Å². The number of aromatic nitrogens is 1. The molecule has 18 heavy (non-hydrogen) atoms. The lowest BCUT2D eigenvalue weighted by molar-refractivity contribution is -0.140. The predicted molar refractivity (Wildman–Crippen MR) is 60.0 cm³/mol. The molecular weight excluding hydrogens is 247 g/mol. The normalized spacial score (nSPS) is 11.4. The van der Waals surface area contributed by atoms with E-state index >= 15 is 0 Å². The fraction of sp³-hybridized carbons (Fsp3) is 0.455. The molecule has 1 amide bonds. The van der Waals surface area contributed by atoms with E-state index in [4.69, 9.17) is 5.73 Å². The van der Waals surface area contributed by atoms with Gasteiger partial charge in [-0.3, -0.25) is 9.78 Å². The second kappa shape index (κ2) is 5.81. The molecule has 1 aromatic heterocycles. The van der Waals surface area contributed by atoms with Gasteiger partial charge in [-0.2, -0.15) is 13.2 Å². The number of nitrogens with zero attached hydrogens (tertiary/aromatic N) is 2. The Morgan fingerprint density at radius 1 is 1.44 bits per heavy atom. The Morgan fingerprint density at radius 3 is 2.61 bits per heavy atom. The molecule has 0 aliphatic rings. The fourth-order valence-electron chi connectivity index (χ4n) is 1.48. The molecule has 0 aromatic carbocycles. The van der Waals surface area contributed by atoms with E-state index in [0.29, 0.717) is 10.5 Å². The number of carbonyl (C=O) groups excluding carboxylic acids is 1. The van der Waals surface area contributed by atoms with E-state index in [0.717, 1.165) is 0 Å². The summed E-state index contributed by atoms with van der Waals surface area (Å²) in [6.45, 7) is 0.227. The molecule has 0 spiro atoms. The lowest BCUT2D eigenvalue weighted by Crippen LogP contribution is -2.41. The van der Waals surface area contributed by atoms with Gasteiger partial charge in [0.25, 0.3) is 5.91 Å². The van der Waals surface area contributed by atoms with Crippen LogP contribution < -0.4 is 5.73 Å². The van der Waals surface area contributed by atoms with Crippen molar-refractivity contribution in [3.8, 4) is 0 Å². The Bertz CT molecular complexity index is 420. The Balaban J connectivity index is 2.89. The number of hydrogen-bond donors (Lipinski definition) is 1. The molecule has 100 valence electrons. The minimum atomic E-state index is -4.44. The molecule has 0 unspecified atom stereocenters. The summed E-state index contributed by atoms with van der Waals surface area (Å²) >= 11 is 0. The van der Waals surface area contributed by atoms with Crippen LogP contribution in [0.5, 0.6) is 0 Å². The molecule has 1 rings (SSSR count). The number of alkyl halides is 3. The van der Waals surface area contributed by atoms with E-state index in [1.165, 1.54) is 18.5 Å². The van der Waals surface area contributed by atoms with Crippen molar-refractivity contribution in [2.45, 2.75) is 13.1 Å². The molecule has 1 aromatic rings. The summed E-state index contributed by atoms with van der Waals surface area (Å²) in [7, 11) is 0. The number of halogens is 3. The molecular formula is C11H14F3N3O. The summed E-state index contributed by atoms with van der Waals surface area (Å²) in [5.74, 6) is -0.714. The highest BCUT2D eigenvalue weighted by molar-refractivity contribution is 5.94. The number of aryl methyl sites for hydroxylation is 1. The summed E-state index contributed by atoms with van der Waals surface area (Å²) in [6, 6.07) is 1.50. The topological polar surface area (TPSA) is 59.2 Å². The average Bonchev–Trinajstić information content (AvgIpc) is 2.26. The SMILES string of the molecule is Cc1cncc(C(=O)N(CCN)CC(F)(F)F)c1. The van der Waals surface area contributed by atoms with Crippen LogP contribution in [-0.4, -0.2) is 41.6 Å². The number of rotatable bonds is 4. The first-order valence-corrected chi connectivity index (χ1v) is 5.31. The quantitative estimate of drug-likeness (QED) is 0.890. The van der Waals surface area contributed by atoms with Crippen molar-refractivity contribution in [3.05, 3.63) is 29.6 Å². The third kappa shape index (κ3) is 4.33. The first-order chi connectivity index (χ1) is 8.33. The molecule has 0 radical (unpaired) electrons. The van der Waals surface area contributed by atoms with Gasteiger partial charge in [-0.15, -0.1) is 0 Å². The van der Waals surface area contributed by atoms with Crippen LogP contribution in [-0.2, 0) is 0 Å². The molecule has 0 saturated heterocycles. The van der Waals surface area contributed by atoms with Gasteiger partial charge in [0.1, 0.15) is 6.54 Å². The monoisotopic (exact) mass is 261 g/mol. The van der Waals surface area contributed by atoms with Crippen LogP contribution in [0.15, 0.2) is 18.5 Å². The second-order valence-electron chi connectivity index (χ2n) is 3.88. The Hall–Kier alpha value is -1.63. The summed E-state index contributed by atoms with van der Waals surface area (Å²) < 4.78 is 37.0. The van der Waals surface area contributed by atoms with Crippen molar-refractivity contribution in [3.63, 3.8) is 0 Å². The van der Waals surface area contributed by atoms with Gasteiger partial charge in [0, 0.05) is 25.5 Å². The maximum atomic E-state index is 12.3. The van der Waals surface area contributed by atoms with Crippen molar-refractivity contribution in [2.75, 3.05) is 19.6 Å². The zero-order chi connectivity index (χ0) is 13.8. The van der Waals surface area contributed by atoms with Crippen molar-refractivity contribution >= 4 is 5.91 Å². The molecule has 4 nitrogen and oxygen atoms in total. The fourth-order valence-corrected chi connectivity index (χ4v) is 1.48. The van der Waals surface area contributed by atoms with E-state index in [1.54, 1.807) is 6.92 Å². The third-order valence-electron chi connectivity index (χ3n) is 2.18. The minimum Gasteiger partial charge on any atom is -0.329 e. The van der Waals surface area contributed by atoms with E-state index < -0.39 is 18.6 Å². The van der Waals surface area contributed by atoms with Crippen LogP contribution in [0.1, 0.15) is 15.9 Å². The van der Waals surface area contributed by atoms with Crippen molar-refractivity contribution in [1.29, 1.82) is 0 Å². The maximum Gasteiger partial charge on any atom is 0.406 e. The van der Waals surface area contributed by atoms with Gasteiger partial charge in [0.2, 0.25) is 0 Å². The number of hydrogen-bond acceptors (Lipinski definition) is 3. The zero-order valence-electron chi connectivity index (χ0n) is 9.87. The molecule has 0 atom stereocenters. The van der Waals surface area contributed by atoms with Gasteiger partial charge in [-0.1, -0.05) is 0 Å². The first-order valence-electron chi connectivity index (χ1n) is 5.31. The minimum absolute atomic E-state index is 0.0267. The molecule has 0 bridgehead atoms.